The number of hydrogen-bond donors (Lipinski definition) is 4. The number of amides is 1. The largest absolute Gasteiger partial charge is 0.501 e. The van der Waals surface area contributed by atoms with Gasteiger partial charge in [-0.2, -0.15) is 0 Å². The van der Waals surface area contributed by atoms with E-state index in [9.17, 15) is 19.1 Å². The van der Waals surface area contributed by atoms with Crippen molar-refractivity contribution in [1.82, 2.24) is 25.6 Å². The average molecular weight is 459 g/mol. The standard InChI is InChI=1S/C25H22FN5O3/c26-19-10-8-16(9-11-19)14-29-24(33)21-22(32)25(34)31-23(30-21)20(18-6-2-1-3-7-18)28-15-17-5-4-12-27-13-17/h1-13,20,28,32H,14-15H2,(H,29,33)(H,30,31,34). The van der Waals surface area contributed by atoms with Gasteiger partial charge in [0.25, 0.3) is 11.5 Å². The number of aromatic amines is 1. The lowest BCUT2D eigenvalue weighted by Crippen LogP contribution is -2.30. The molecule has 0 spiro atoms. The third-order valence-corrected chi connectivity index (χ3v) is 5.13. The molecule has 172 valence electrons. The molecule has 1 unspecified atom stereocenters. The van der Waals surface area contributed by atoms with Gasteiger partial charge in [0.15, 0.2) is 5.69 Å². The summed E-state index contributed by atoms with van der Waals surface area (Å²) >= 11 is 0. The molecule has 2 aromatic heterocycles. The van der Waals surface area contributed by atoms with Crippen molar-refractivity contribution in [3.05, 3.63) is 124 Å². The first-order valence-corrected chi connectivity index (χ1v) is 10.5. The molecule has 8 nitrogen and oxygen atoms in total. The summed E-state index contributed by atoms with van der Waals surface area (Å²) in [5.41, 5.74) is 1.14. The van der Waals surface area contributed by atoms with Crippen LogP contribution in [0.15, 0.2) is 83.9 Å². The molecule has 2 aromatic carbocycles. The van der Waals surface area contributed by atoms with Crippen molar-refractivity contribution in [2.75, 3.05) is 0 Å². The summed E-state index contributed by atoms with van der Waals surface area (Å²) in [6.07, 6.45) is 3.39. The van der Waals surface area contributed by atoms with Crippen LogP contribution in [-0.4, -0.2) is 26.0 Å². The van der Waals surface area contributed by atoms with E-state index >= 15 is 0 Å². The zero-order valence-electron chi connectivity index (χ0n) is 18.0. The number of rotatable bonds is 8. The topological polar surface area (TPSA) is 120 Å². The average Bonchev–Trinajstić information content (AvgIpc) is 2.87. The van der Waals surface area contributed by atoms with Gasteiger partial charge in [-0.15, -0.1) is 0 Å². The fourth-order valence-corrected chi connectivity index (χ4v) is 3.39. The van der Waals surface area contributed by atoms with Gasteiger partial charge in [-0.25, -0.2) is 9.37 Å². The van der Waals surface area contributed by atoms with Gasteiger partial charge in [0.1, 0.15) is 11.6 Å². The van der Waals surface area contributed by atoms with Crippen molar-refractivity contribution in [3.63, 3.8) is 0 Å². The first-order chi connectivity index (χ1) is 16.5. The summed E-state index contributed by atoms with van der Waals surface area (Å²) in [7, 11) is 0. The van der Waals surface area contributed by atoms with Crippen LogP contribution < -0.4 is 16.2 Å². The van der Waals surface area contributed by atoms with Crippen molar-refractivity contribution in [1.29, 1.82) is 0 Å². The van der Waals surface area contributed by atoms with Crippen molar-refractivity contribution >= 4 is 5.91 Å². The number of pyridine rings is 1. The number of halogens is 1. The van der Waals surface area contributed by atoms with E-state index in [0.717, 1.165) is 11.1 Å². The number of aromatic nitrogens is 3. The highest BCUT2D eigenvalue weighted by molar-refractivity contribution is 5.94. The Hall–Kier alpha value is -4.37. The minimum Gasteiger partial charge on any atom is -0.501 e. The molecule has 0 saturated heterocycles. The Kier molecular flexibility index (Phi) is 7.04. The Morgan fingerprint density at radius 1 is 1.00 bits per heavy atom. The molecule has 4 N–H and O–H groups in total. The molecular weight excluding hydrogens is 437 g/mol. The number of carbonyl (C=O) groups is 1. The lowest BCUT2D eigenvalue weighted by Gasteiger charge is -2.19. The third-order valence-electron chi connectivity index (χ3n) is 5.13. The second-order valence-corrected chi connectivity index (χ2v) is 7.54. The Morgan fingerprint density at radius 2 is 1.76 bits per heavy atom. The lowest BCUT2D eigenvalue weighted by molar-refractivity contribution is 0.0942. The van der Waals surface area contributed by atoms with Gasteiger partial charge < -0.3 is 15.4 Å². The Labute approximate surface area is 194 Å². The Morgan fingerprint density at radius 3 is 2.47 bits per heavy atom. The number of carbonyl (C=O) groups excluding carboxylic acids is 1. The molecule has 0 radical (unpaired) electrons. The first-order valence-electron chi connectivity index (χ1n) is 10.5. The monoisotopic (exact) mass is 459 g/mol. The molecule has 2 heterocycles. The first kappa shape index (κ1) is 22.8. The minimum absolute atomic E-state index is 0.0732. The van der Waals surface area contributed by atoms with E-state index in [2.05, 4.69) is 25.6 Å². The normalized spacial score (nSPS) is 11.7. The van der Waals surface area contributed by atoms with Gasteiger partial charge in [-0.05, 0) is 34.9 Å². The molecule has 0 aliphatic rings. The van der Waals surface area contributed by atoms with Gasteiger partial charge >= 0.3 is 0 Å². The Balaban J connectivity index is 1.61. The maximum absolute atomic E-state index is 13.1. The van der Waals surface area contributed by atoms with Crippen LogP contribution in [0.5, 0.6) is 5.75 Å². The summed E-state index contributed by atoms with van der Waals surface area (Å²) in [6, 6.07) is 18.1. The van der Waals surface area contributed by atoms with Gasteiger partial charge in [0, 0.05) is 25.5 Å². The summed E-state index contributed by atoms with van der Waals surface area (Å²) in [5.74, 6) is -1.73. The number of benzene rings is 2. The van der Waals surface area contributed by atoms with Crippen LogP contribution in [0.3, 0.4) is 0 Å². The Bertz CT molecular complexity index is 1310. The molecule has 4 aromatic rings. The van der Waals surface area contributed by atoms with E-state index in [1.807, 2.05) is 42.5 Å². The zero-order chi connectivity index (χ0) is 23.9. The van der Waals surface area contributed by atoms with Crippen molar-refractivity contribution < 1.29 is 14.3 Å². The highest BCUT2D eigenvalue weighted by atomic mass is 19.1. The van der Waals surface area contributed by atoms with E-state index in [1.54, 1.807) is 12.4 Å². The predicted molar refractivity (Wildman–Crippen MR) is 123 cm³/mol. The maximum Gasteiger partial charge on any atom is 0.293 e. The summed E-state index contributed by atoms with van der Waals surface area (Å²) in [5, 5.41) is 16.2. The van der Waals surface area contributed by atoms with E-state index in [0.29, 0.717) is 12.1 Å². The number of H-pyrrole nitrogens is 1. The molecule has 34 heavy (non-hydrogen) atoms. The van der Waals surface area contributed by atoms with E-state index in [1.165, 1.54) is 24.3 Å². The van der Waals surface area contributed by atoms with Crippen LogP contribution in [0.4, 0.5) is 4.39 Å². The lowest BCUT2D eigenvalue weighted by atomic mass is 10.1. The maximum atomic E-state index is 13.1. The molecule has 1 amide bonds. The van der Waals surface area contributed by atoms with Crippen LogP contribution >= 0.6 is 0 Å². The van der Waals surface area contributed by atoms with Gasteiger partial charge in [-0.1, -0.05) is 48.5 Å². The van der Waals surface area contributed by atoms with Gasteiger partial charge in [-0.3, -0.25) is 19.9 Å². The summed E-state index contributed by atoms with van der Waals surface area (Å²) in [6.45, 7) is 0.494. The molecule has 9 heteroatoms. The summed E-state index contributed by atoms with van der Waals surface area (Å²) in [4.78, 5) is 36.2. The number of nitrogens with zero attached hydrogens (tertiary/aromatic N) is 2. The van der Waals surface area contributed by atoms with E-state index < -0.39 is 29.0 Å². The molecule has 1 atom stereocenters. The second-order valence-electron chi connectivity index (χ2n) is 7.54. The van der Waals surface area contributed by atoms with Crippen molar-refractivity contribution in [3.8, 4) is 5.75 Å². The minimum atomic E-state index is -0.832. The predicted octanol–water partition coefficient (Wildman–Crippen LogP) is 2.82. The number of hydrogen-bond acceptors (Lipinski definition) is 6. The van der Waals surface area contributed by atoms with Crippen LogP contribution in [0.2, 0.25) is 0 Å². The van der Waals surface area contributed by atoms with Crippen LogP contribution in [0, 0.1) is 5.82 Å². The van der Waals surface area contributed by atoms with Crippen molar-refractivity contribution in [2.24, 2.45) is 0 Å². The molecule has 0 saturated carbocycles. The van der Waals surface area contributed by atoms with E-state index in [-0.39, 0.29) is 18.2 Å². The van der Waals surface area contributed by atoms with Gasteiger partial charge in [0.05, 0.1) is 6.04 Å². The fraction of sp³-hybridized carbons (Fsp3) is 0.120. The van der Waals surface area contributed by atoms with Crippen LogP contribution in [0.1, 0.15) is 39.0 Å². The van der Waals surface area contributed by atoms with Gasteiger partial charge in [0.2, 0.25) is 5.75 Å². The molecule has 0 aliphatic heterocycles. The third kappa shape index (κ3) is 5.51. The zero-order valence-corrected chi connectivity index (χ0v) is 18.0. The number of nitrogens with one attached hydrogen (secondary N) is 3. The SMILES string of the molecule is O=C(NCc1ccc(F)cc1)c1nc(C(NCc2cccnc2)c2ccccc2)[nH]c(=O)c1O. The molecular formula is C25H22FN5O3. The number of aromatic hydroxyl groups is 1. The molecule has 0 fully saturated rings. The fourth-order valence-electron chi connectivity index (χ4n) is 3.39. The molecule has 4 rings (SSSR count). The molecule has 0 bridgehead atoms. The van der Waals surface area contributed by atoms with Crippen molar-refractivity contribution in [2.45, 2.75) is 19.1 Å². The van der Waals surface area contributed by atoms with E-state index in [4.69, 9.17) is 0 Å². The van der Waals surface area contributed by atoms with Crippen LogP contribution in [0.25, 0.3) is 0 Å². The smallest absolute Gasteiger partial charge is 0.293 e. The highest BCUT2D eigenvalue weighted by Crippen LogP contribution is 2.21. The quantitative estimate of drug-likeness (QED) is 0.322. The summed E-state index contributed by atoms with van der Waals surface area (Å²) < 4.78 is 13.1. The van der Waals surface area contributed by atoms with Crippen LogP contribution in [-0.2, 0) is 13.1 Å². The molecule has 0 aliphatic carbocycles. The highest BCUT2D eigenvalue weighted by Gasteiger charge is 2.23. The second kappa shape index (κ2) is 10.5.